The number of halogens is 4. The first kappa shape index (κ1) is 36.8. The summed E-state index contributed by atoms with van der Waals surface area (Å²) >= 11 is 6.16. The van der Waals surface area contributed by atoms with Gasteiger partial charge in [-0.3, -0.25) is 14.4 Å². The van der Waals surface area contributed by atoms with Crippen LogP contribution in [0.3, 0.4) is 0 Å². The van der Waals surface area contributed by atoms with E-state index in [-0.39, 0.29) is 59.4 Å². The number of alkyl halides is 3. The number of aromatic nitrogens is 6. The Balaban J connectivity index is 1.26. The Labute approximate surface area is 311 Å². The second-order valence-corrected chi connectivity index (χ2v) is 14.3. The van der Waals surface area contributed by atoms with Crippen molar-refractivity contribution in [1.82, 2.24) is 43.8 Å². The van der Waals surface area contributed by atoms with E-state index in [1.807, 2.05) is 6.08 Å². The molecule has 7 rings (SSSR count). The summed E-state index contributed by atoms with van der Waals surface area (Å²) in [5.74, 6) is -1.03. The average Bonchev–Trinajstić information content (AvgIpc) is 3.60. The molecule has 5 heterocycles. The summed E-state index contributed by atoms with van der Waals surface area (Å²) in [6.07, 6.45) is 2.51. The third-order valence-electron chi connectivity index (χ3n) is 10.4. The number of piperidine rings is 1. The maximum absolute atomic E-state index is 14.6. The predicted molar refractivity (Wildman–Crippen MR) is 189 cm³/mol. The lowest BCUT2D eigenvalue weighted by atomic mass is 9.66. The molecule has 3 aromatic heterocycles. The van der Waals surface area contributed by atoms with Crippen LogP contribution in [0.1, 0.15) is 65.2 Å². The van der Waals surface area contributed by atoms with Crippen molar-refractivity contribution in [2.24, 2.45) is 0 Å². The summed E-state index contributed by atoms with van der Waals surface area (Å²) in [6.45, 7) is 0.886. The normalized spacial score (nSPS) is 17.0. The maximum atomic E-state index is 14.6. The van der Waals surface area contributed by atoms with E-state index in [1.165, 1.54) is 15.7 Å². The van der Waals surface area contributed by atoms with E-state index in [0.29, 0.717) is 62.9 Å². The van der Waals surface area contributed by atoms with Crippen LogP contribution >= 0.6 is 11.6 Å². The molecule has 0 bridgehead atoms. The molecule has 1 aliphatic carbocycles. The highest BCUT2D eigenvalue weighted by Crippen LogP contribution is 2.44. The summed E-state index contributed by atoms with van der Waals surface area (Å²) in [5, 5.41) is 17.1. The van der Waals surface area contributed by atoms with E-state index in [0.717, 1.165) is 30.0 Å². The van der Waals surface area contributed by atoms with Crippen molar-refractivity contribution in [1.29, 1.82) is 0 Å². The van der Waals surface area contributed by atoms with Crippen LogP contribution in [0.5, 0.6) is 5.75 Å². The summed E-state index contributed by atoms with van der Waals surface area (Å²) in [7, 11) is 3.33. The second kappa shape index (κ2) is 14.0. The van der Waals surface area contributed by atoms with Crippen molar-refractivity contribution in [2.45, 2.75) is 56.7 Å². The zero-order chi connectivity index (χ0) is 38.5. The number of fused-ring (bicyclic) bond motifs is 3. The Morgan fingerprint density at radius 2 is 1.83 bits per heavy atom. The van der Waals surface area contributed by atoms with Crippen LogP contribution in [0.25, 0.3) is 11.4 Å². The smallest absolute Gasteiger partial charge is 0.416 e. The number of urea groups is 1. The molecule has 0 saturated carbocycles. The maximum Gasteiger partial charge on any atom is 0.416 e. The van der Waals surface area contributed by atoms with Gasteiger partial charge in [-0.2, -0.15) is 22.7 Å². The zero-order valence-corrected chi connectivity index (χ0v) is 30.1. The molecule has 4 amide bonds. The first-order valence-corrected chi connectivity index (χ1v) is 17.7. The minimum atomic E-state index is -4.62. The Morgan fingerprint density at radius 3 is 2.48 bits per heavy atom. The average molecular weight is 769 g/mol. The lowest BCUT2D eigenvalue weighted by Gasteiger charge is -2.45. The molecule has 0 atom stereocenters. The topological polar surface area (TPSA) is 171 Å². The van der Waals surface area contributed by atoms with E-state index < -0.39 is 34.5 Å². The number of carbonyl (C=O) groups excluding carboxylic acids is 3. The van der Waals surface area contributed by atoms with Gasteiger partial charge in [0, 0.05) is 56.9 Å². The van der Waals surface area contributed by atoms with Gasteiger partial charge in [-0.05, 0) is 62.3 Å². The number of likely N-dealkylation sites (tertiary alicyclic amines) is 1. The van der Waals surface area contributed by atoms with Gasteiger partial charge in [-0.15, -0.1) is 5.10 Å². The summed E-state index contributed by atoms with van der Waals surface area (Å²) in [4.78, 5) is 71.2. The SMILES string of the molecule is CN(C)C(=O)N1CC=C(c2nc3n(CC(=O)Nc4ccc(C(F)(F)F)cc4Cl)c4c(c(=O)n3n2)C2(CCC4)CCN(C(=O)c3ncncc3O)CC2)CC1. The highest BCUT2D eigenvalue weighted by atomic mass is 35.5. The number of aromatic hydroxyl groups is 1. The molecule has 1 aromatic carbocycles. The predicted octanol–water partition coefficient (Wildman–Crippen LogP) is 3.98. The number of amides is 4. The number of hydrogen-bond donors (Lipinski definition) is 2. The molecule has 54 heavy (non-hydrogen) atoms. The quantitative estimate of drug-likeness (QED) is 0.305. The Hall–Kier alpha value is -5.52. The van der Waals surface area contributed by atoms with Crippen LogP contribution in [-0.2, 0) is 29.4 Å². The van der Waals surface area contributed by atoms with Gasteiger partial charge in [0.1, 0.15) is 12.9 Å². The van der Waals surface area contributed by atoms with Crippen LogP contribution in [0.15, 0.2) is 41.6 Å². The number of anilines is 1. The van der Waals surface area contributed by atoms with E-state index >= 15 is 0 Å². The molecule has 1 spiro atoms. The number of nitrogens with one attached hydrogen (secondary N) is 1. The van der Waals surface area contributed by atoms with Crippen LogP contribution in [0, 0.1) is 0 Å². The molecule has 2 aliphatic heterocycles. The van der Waals surface area contributed by atoms with Gasteiger partial charge in [0.05, 0.1) is 22.5 Å². The molecule has 1 saturated heterocycles. The Kier molecular flexibility index (Phi) is 9.57. The third-order valence-corrected chi connectivity index (χ3v) is 10.7. The molecule has 4 aromatic rings. The molecule has 15 nitrogen and oxygen atoms in total. The van der Waals surface area contributed by atoms with Crippen LogP contribution < -0.4 is 10.9 Å². The van der Waals surface area contributed by atoms with Crippen LogP contribution in [-0.4, -0.2) is 107 Å². The summed E-state index contributed by atoms with van der Waals surface area (Å²) in [6, 6.07) is 2.50. The second-order valence-electron chi connectivity index (χ2n) is 13.9. The Morgan fingerprint density at radius 1 is 1.07 bits per heavy atom. The van der Waals surface area contributed by atoms with Gasteiger partial charge in [0.2, 0.25) is 11.7 Å². The monoisotopic (exact) mass is 768 g/mol. The first-order valence-electron chi connectivity index (χ1n) is 17.3. The van der Waals surface area contributed by atoms with Crippen molar-refractivity contribution in [3.8, 4) is 5.75 Å². The number of nitrogens with zero attached hydrogens (tertiary/aromatic N) is 9. The molecule has 0 radical (unpaired) electrons. The highest BCUT2D eigenvalue weighted by Gasteiger charge is 2.45. The lowest BCUT2D eigenvalue weighted by molar-refractivity contribution is -0.137. The van der Waals surface area contributed by atoms with E-state index in [4.69, 9.17) is 16.6 Å². The fraction of sp³-hybridized carbons (Fsp3) is 0.429. The zero-order valence-electron chi connectivity index (χ0n) is 29.4. The van der Waals surface area contributed by atoms with Crippen molar-refractivity contribution in [3.63, 3.8) is 0 Å². The third kappa shape index (κ3) is 6.73. The minimum Gasteiger partial charge on any atom is -0.504 e. The molecule has 1 fully saturated rings. The van der Waals surface area contributed by atoms with Crippen molar-refractivity contribution < 1.29 is 32.7 Å². The summed E-state index contributed by atoms with van der Waals surface area (Å²) < 4.78 is 42.6. The van der Waals surface area contributed by atoms with Crippen molar-refractivity contribution in [3.05, 3.63) is 80.5 Å². The fourth-order valence-electron chi connectivity index (χ4n) is 7.64. The lowest BCUT2D eigenvalue weighted by Crippen LogP contribution is -2.50. The van der Waals surface area contributed by atoms with Gasteiger partial charge < -0.3 is 29.7 Å². The standard InChI is InChI=1S/C35H36ClF3N10O5/c1-45(2)33(54)47-12-7-20(8-13-47)29-43-32-48(18-26(51)42-23-6-5-21(16-22(23)36)35(37,38)39)24-4-3-9-34(27(24)30(52)49(32)44-29)10-14-46(15-11-34)31(53)28-25(50)17-40-19-41-28/h5-7,16-17,19,50H,3-4,8-15,18H2,1-2H3,(H,42,51). The molecule has 3 aliphatic rings. The Bertz CT molecular complexity index is 2260. The van der Waals surface area contributed by atoms with Gasteiger partial charge in [0.25, 0.3) is 11.5 Å². The highest BCUT2D eigenvalue weighted by molar-refractivity contribution is 6.33. The molecule has 19 heteroatoms. The number of benzene rings is 1. The summed E-state index contributed by atoms with van der Waals surface area (Å²) in [5.41, 5.74) is -0.395. The molecule has 284 valence electrons. The van der Waals surface area contributed by atoms with Crippen molar-refractivity contribution >= 4 is 46.5 Å². The van der Waals surface area contributed by atoms with Gasteiger partial charge in [0.15, 0.2) is 17.3 Å². The van der Waals surface area contributed by atoms with Crippen LogP contribution in [0.2, 0.25) is 5.02 Å². The van der Waals surface area contributed by atoms with Crippen molar-refractivity contribution in [2.75, 3.05) is 45.6 Å². The molecule has 0 unspecified atom stereocenters. The number of carbonyl (C=O) groups is 3. The first-order chi connectivity index (χ1) is 25.7. The van der Waals surface area contributed by atoms with Gasteiger partial charge in [-0.1, -0.05) is 17.7 Å². The molecular weight excluding hydrogens is 733 g/mol. The molecule has 2 N–H and O–H groups in total. The van der Waals surface area contributed by atoms with E-state index in [2.05, 4.69) is 20.4 Å². The van der Waals surface area contributed by atoms with Gasteiger partial charge in [-0.25, -0.2) is 14.8 Å². The van der Waals surface area contributed by atoms with Crippen LogP contribution in [0.4, 0.5) is 23.7 Å². The number of rotatable bonds is 5. The van der Waals surface area contributed by atoms with E-state index in [1.54, 1.807) is 28.5 Å². The largest absolute Gasteiger partial charge is 0.504 e. The molecular formula is C35H36ClF3N10O5. The minimum absolute atomic E-state index is 0.0184. The van der Waals surface area contributed by atoms with E-state index in [9.17, 15) is 37.5 Å². The fourth-order valence-corrected chi connectivity index (χ4v) is 7.87. The number of hydrogen-bond acceptors (Lipinski definition) is 9. The van der Waals surface area contributed by atoms with Gasteiger partial charge >= 0.3 is 12.2 Å².